The molecule has 9 heteroatoms. The average Bonchev–Trinajstić information content (AvgIpc) is 2.88. The summed E-state index contributed by atoms with van der Waals surface area (Å²) < 4.78 is 41.5. The first-order valence-corrected chi connectivity index (χ1v) is 7.93. The molecule has 3 rings (SSSR count). The molecule has 0 saturated carbocycles. The van der Waals surface area contributed by atoms with E-state index in [2.05, 4.69) is 5.10 Å². The Morgan fingerprint density at radius 1 is 1.19 bits per heavy atom. The molecule has 0 aliphatic rings. The van der Waals surface area contributed by atoms with Crippen molar-refractivity contribution in [3.63, 3.8) is 0 Å². The molecule has 0 fully saturated rings. The Morgan fingerprint density at radius 2 is 1.88 bits per heavy atom. The van der Waals surface area contributed by atoms with Gasteiger partial charge in [0.05, 0.1) is 17.3 Å². The minimum absolute atomic E-state index is 0.0166. The van der Waals surface area contributed by atoms with Crippen LogP contribution in [0.2, 0.25) is 5.02 Å². The number of aromatic nitrogens is 3. The van der Waals surface area contributed by atoms with Crippen molar-refractivity contribution in [2.45, 2.75) is 19.6 Å². The predicted molar refractivity (Wildman–Crippen MR) is 92.5 cm³/mol. The molecule has 136 valence electrons. The van der Waals surface area contributed by atoms with Crippen molar-refractivity contribution in [1.29, 1.82) is 0 Å². The summed E-state index contributed by atoms with van der Waals surface area (Å²) in [7, 11) is 0. The van der Waals surface area contributed by atoms with Crippen molar-refractivity contribution < 1.29 is 13.2 Å². The lowest BCUT2D eigenvalue weighted by atomic mass is 10.1. The summed E-state index contributed by atoms with van der Waals surface area (Å²) in [4.78, 5) is 12.6. The van der Waals surface area contributed by atoms with Crippen LogP contribution in [0.25, 0.3) is 5.69 Å². The maximum Gasteiger partial charge on any atom is 0.452 e. The first-order valence-electron chi connectivity index (χ1n) is 7.55. The minimum Gasteiger partial charge on any atom is -0.399 e. The number of benzene rings is 2. The Morgan fingerprint density at radius 3 is 2.50 bits per heavy atom. The molecular formula is C17H14ClF3N4O. The molecule has 0 bridgehead atoms. The number of para-hydroxylation sites is 1. The van der Waals surface area contributed by atoms with E-state index in [4.69, 9.17) is 17.3 Å². The van der Waals surface area contributed by atoms with Crippen molar-refractivity contribution in [3.8, 4) is 5.69 Å². The highest BCUT2D eigenvalue weighted by Gasteiger charge is 2.39. The van der Waals surface area contributed by atoms with Crippen molar-refractivity contribution in [2.24, 2.45) is 0 Å². The zero-order valence-electron chi connectivity index (χ0n) is 13.6. The van der Waals surface area contributed by atoms with Crippen molar-refractivity contribution >= 4 is 17.3 Å². The van der Waals surface area contributed by atoms with Gasteiger partial charge in [-0.2, -0.15) is 13.2 Å². The van der Waals surface area contributed by atoms with E-state index in [-0.39, 0.29) is 17.3 Å². The standard InChI is InChI=1S/C17H14ClF3N4O/c1-10-8-11(6-7-13(10)22)9-24-16(26)25(15(23-24)17(19,20)21)14-5-3-2-4-12(14)18/h2-8H,9,22H2,1H3. The summed E-state index contributed by atoms with van der Waals surface area (Å²) in [5, 5.41) is 3.51. The monoisotopic (exact) mass is 382 g/mol. The topological polar surface area (TPSA) is 65.8 Å². The highest BCUT2D eigenvalue weighted by atomic mass is 35.5. The average molecular weight is 383 g/mol. The van der Waals surface area contributed by atoms with Gasteiger partial charge in [0, 0.05) is 5.69 Å². The largest absolute Gasteiger partial charge is 0.452 e. The fraction of sp³-hybridized carbons (Fsp3) is 0.176. The Hall–Kier alpha value is -2.74. The summed E-state index contributed by atoms with van der Waals surface area (Å²) in [5.41, 5.74) is 6.65. The molecule has 2 aromatic carbocycles. The van der Waals surface area contributed by atoms with Crippen LogP contribution in [0.1, 0.15) is 17.0 Å². The molecule has 0 aliphatic carbocycles. The zero-order valence-corrected chi connectivity index (χ0v) is 14.3. The number of anilines is 1. The molecule has 0 atom stereocenters. The fourth-order valence-corrected chi connectivity index (χ4v) is 2.77. The number of aryl methyl sites for hydroxylation is 1. The van der Waals surface area contributed by atoms with E-state index >= 15 is 0 Å². The van der Waals surface area contributed by atoms with E-state index in [1.165, 1.54) is 18.2 Å². The van der Waals surface area contributed by atoms with Gasteiger partial charge >= 0.3 is 11.9 Å². The molecule has 0 spiro atoms. The van der Waals surface area contributed by atoms with Gasteiger partial charge < -0.3 is 5.73 Å². The van der Waals surface area contributed by atoms with Crippen LogP contribution in [0, 0.1) is 6.92 Å². The number of hydrogen-bond donors (Lipinski definition) is 1. The van der Waals surface area contributed by atoms with Crippen molar-refractivity contribution in [3.05, 3.63) is 74.9 Å². The van der Waals surface area contributed by atoms with E-state index in [1.807, 2.05) is 0 Å². The predicted octanol–water partition coefficient (Wildman–Crippen LogP) is 3.65. The van der Waals surface area contributed by atoms with Crippen LogP contribution in [0.5, 0.6) is 0 Å². The van der Waals surface area contributed by atoms with Crippen LogP contribution in [0.4, 0.5) is 18.9 Å². The first-order chi connectivity index (χ1) is 12.2. The Labute approximate surface area is 151 Å². The number of alkyl halides is 3. The van der Waals surface area contributed by atoms with Gasteiger partial charge in [-0.05, 0) is 36.2 Å². The molecule has 0 unspecified atom stereocenters. The summed E-state index contributed by atoms with van der Waals surface area (Å²) >= 11 is 5.98. The number of nitrogen functional groups attached to an aromatic ring is 1. The zero-order chi connectivity index (χ0) is 19.1. The molecule has 0 amide bonds. The van der Waals surface area contributed by atoms with Gasteiger partial charge in [-0.15, -0.1) is 5.10 Å². The first kappa shape index (κ1) is 18.1. The van der Waals surface area contributed by atoms with E-state index < -0.39 is 17.7 Å². The smallest absolute Gasteiger partial charge is 0.399 e. The van der Waals surface area contributed by atoms with Crippen LogP contribution < -0.4 is 11.4 Å². The Bertz CT molecular complexity index is 1020. The molecule has 2 N–H and O–H groups in total. The van der Waals surface area contributed by atoms with Gasteiger partial charge in [0.2, 0.25) is 5.82 Å². The molecule has 0 radical (unpaired) electrons. The van der Waals surface area contributed by atoms with Crippen LogP contribution in [-0.2, 0) is 12.7 Å². The number of halogens is 4. The van der Waals surface area contributed by atoms with Crippen molar-refractivity contribution in [1.82, 2.24) is 14.3 Å². The lowest BCUT2D eigenvalue weighted by molar-refractivity contribution is -0.146. The summed E-state index contributed by atoms with van der Waals surface area (Å²) in [6, 6.07) is 10.8. The number of nitrogens with zero attached hydrogens (tertiary/aromatic N) is 3. The van der Waals surface area contributed by atoms with Gasteiger partial charge in [-0.25, -0.2) is 14.0 Å². The third kappa shape index (κ3) is 3.32. The van der Waals surface area contributed by atoms with E-state index in [0.29, 0.717) is 15.8 Å². The SMILES string of the molecule is Cc1cc(Cn2nc(C(F)(F)F)n(-c3ccccc3Cl)c2=O)ccc1N. The number of hydrogen-bond acceptors (Lipinski definition) is 3. The third-order valence-electron chi connectivity index (χ3n) is 3.85. The van der Waals surface area contributed by atoms with Gasteiger partial charge in [-0.1, -0.05) is 35.9 Å². The highest BCUT2D eigenvalue weighted by molar-refractivity contribution is 6.32. The van der Waals surface area contributed by atoms with Crippen LogP contribution in [-0.4, -0.2) is 14.3 Å². The number of nitrogens with two attached hydrogens (primary N) is 1. The molecule has 5 nitrogen and oxygen atoms in total. The third-order valence-corrected chi connectivity index (χ3v) is 4.17. The van der Waals surface area contributed by atoms with Gasteiger partial charge in [0.25, 0.3) is 0 Å². The maximum atomic E-state index is 13.4. The molecular weight excluding hydrogens is 369 g/mol. The van der Waals surface area contributed by atoms with Gasteiger partial charge in [0.1, 0.15) is 0 Å². The lowest BCUT2D eigenvalue weighted by Crippen LogP contribution is -2.26. The molecule has 26 heavy (non-hydrogen) atoms. The molecule has 0 saturated heterocycles. The second-order valence-electron chi connectivity index (χ2n) is 5.74. The van der Waals surface area contributed by atoms with Crippen LogP contribution in [0.15, 0.2) is 47.3 Å². The quantitative estimate of drug-likeness (QED) is 0.703. The van der Waals surface area contributed by atoms with Gasteiger partial charge in [0.15, 0.2) is 0 Å². The van der Waals surface area contributed by atoms with Crippen LogP contribution >= 0.6 is 11.6 Å². The Kier molecular flexibility index (Phi) is 4.53. The second-order valence-corrected chi connectivity index (χ2v) is 6.15. The highest BCUT2D eigenvalue weighted by Crippen LogP contribution is 2.30. The second kappa shape index (κ2) is 6.53. The summed E-state index contributed by atoms with van der Waals surface area (Å²) in [6.07, 6.45) is -4.82. The Balaban J connectivity index is 2.15. The van der Waals surface area contributed by atoms with E-state index in [1.54, 1.807) is 31.2 Å². The molecule has 1 heterocycles. The molecule has 3 aromatic rings. The number of rotatable bonds is 3. The van der Waals surface area contributed by atoms with Crippen molar-refractivity contribution in [2.75, 3.05) is 5.73 Å². The normalized spacial score (nSPS) is 11.7. The van der Waals surface area contributed by atoms with Crippen LogP contribution in [0.3, 0.4) is 0 Å². The maximum absolute atomic E-state index is 13.4. The summed E-state index contributed by atoms with van der Waals surface area (Å²) in [6.45, 7) is 1.64. The van der Waals surface area contributed by atoms with Gasteiger partial charge in [-0.3, -0.25) is 0 Å². The molecule has 1 aromatic heterocycles. The molecule has 0 aliphatic heterocycles. The summed E-state index contributed by atoms with van der Waals surface area (Å²) in [5.74, 6) is -1.33. The fourth-order valence-electron chi connectivity index (χ4n) is 2.55. The van der Waals surface area contributed by atoms with E-state index in [0.717, 1.165) is 10.2 Å². The van der Waals surface area contributed by atoms with E-state index in [9.17, 15) is 18.0 Å². The minimum atomic E-state index is -4.82. The lowest BCUT2D eigenvalue weighted by Gasteiger charge is -2.09.